The van der Waals surface area contributed by atoms with Crippen LogP contribution in [0.1, 0.15) is 65.6 Å². The Morgan fingerprint density at radius 3 is 0.868 bits per heavy atom. The monoisotopic (exact) mass is 885 g/mol. The summed E-state index contributed by atoms with van der Waals surface area (Å²) >= 11 is 0. The number of aromatic carboxylic acids is 3. The van der Waals surface area contributed by atoms with Crippen LogP contribution in [0.2, 0.25) is 0 Å². The minimum absolute atomic E-state index is 0. The third-order valence-electron chi connectivity index (χ3n) is 6.51. The zero-order chi connectivity index (χ0) is 35.1. The largest absolute Gasteiger partial charge is 3.00 e. The van der Waals surface area contributed by atoms with Crippen LogP contribution in [0.4, 0.5) is 0 Å². The number of hydrogen-bond acceptors (Lipinski definition) is 12. The van der Waals surface area contributed by atoms with Gasteiger partial charge in [0, 0.05) is 17.1 Å². The maximum Gasteiger partial charge on any atom is 3.00 e. The number of aryl methyl sites for hydroxylation is 6. The molecule has 0 aliphatic rings. The Kier molecular flexibility index (Phi) is 20.5. The minimum atomic E-state index is -1.29. The molecule has 285 valence electrons. The van der Waals surface area contributed by atoms with E-state index in [1.54, 1.807) is 50.4 Å². The van der Waals surface area contributed by atoms with Crippen LogP contribution in [-0.4, -0.2) is 78.6 Å². The Hall–Kier alpha value is -5.40. The summed E-state index contributed by atoms with van der Waals surface area (Å²) in [6.45, 7) is 11.2. The summed E-state index contributed by atoms with van der Waals surface area (Å²) in [6, 6.07) is 19.8. The third kappa shape index (κ3) is 13.0. The molecule has 0 aliphatic carbocycles. The Balaban J connectivity index is 0. The average Bonchev–Trinajstić information content (AvgIpc) is 3.70. The van der Waals surface area contributed by atoms with Gasteiger partial charge in [-0.05, 0) is 96.1 Å². The van der Waals surface area contributed by atoms with E-state index in [1.807, 2.05) is 59.7 Å². The van der Waals surface area contributed by atoms with Gasteiger partial charge in [0.2, 0.25) is 0 Å². The van der Waals surface area contributed by atoms with Crippen LogP contribution < -0.4 is 15.3 Å². The number of pyridine rings is 3. The molecular formula is C33H39DyN9O10+. The second-order valence-electron chi connectivity index (χ2n) is 10.5. The van der Waals surface area contributed by atoms with Gasteiger partial charge < -0.3 is 51.6 Å². The standard InChI is InChI=1S/3C11H11N3O2.Dy.4H2O/c3*1-7-6-8(2)14(13-7)10-5-3-4-9(12-10)11(15)16;;;;;/h3*3-6H,1-2H3,(H,15,16);;4*1H2/q;;;+3;;;;/p-2. The van der Waals surface area contributed by atoms with Gasteiger partial charge in [-0.3, -0.25) is 0 Å². The van der Waals surface area contributed by atoms with Crippen molar-refractivity contribution in [1.82, 2.24) is 44.3 Å². The van der Waals surface area contributed by atoms with Gasteiger partial charge in [0.25, 0.3) is 0 Å². The molecule has 0 atom stereocenters. The number of carbonyl (C=O) groups excluding carboxylic acids is 3. The Morgan fingerprint density at radius 1 is 0.472 bits per heavy atom. The average molecular weight is 884 g/mol. The minimum Gasteiger partial charge on any atom is -0.543 e. The second kappa shape index (κ2) is 21.8. The van der Waals surface area contributed by atoms with E-state index in [1.165, 1.54) is 18.2 Å². The molecule has 6 aromatic rings. The molecule has 0 aromatic carbocycles. The zero-order valence-electron chi connectivity index (χ0n) is 29.3. The van der Waals surface area contributed by atoms with Crippen molar-refractivity contribution in [3.63, 3.8) is 0 Å². The van der Waals surface area contributed by atoms with Gasteiger partial charge in [-0.2, -0.15) is 15.3 Å². The van der Waals surface area contributed by atoms with Gasteiger partial charge in [0.1, 0.15) is 0 Å². The van der Waals surface area contributed by atoms with Gasteiger partial charge in [-0.15, -0.1) is 0 Å². The van der Waals surface area contributed by atoms with Gasteiger partial charge in [-0.1, -0.05) is 18.2 Å². The van der Waals surface area contributed by atoms with E-state index in [4.69, 9.17) is 0 Å². The first-order chi connectivity index (χ1) is 22.7. The van der Waals surface area contributed by atoms with Gasteiger partial charge in [0.05, 0.1) is 52.1 Å². The van der Waals surface area contributed by atoms with Crippen molar-refractivity contribution in [3.05, 3.63) is 124 Å². The van der Waals surface area contributed by atoms with Crippen LogP contribution in [0.25, 0.3) is 17.5 Å². The molecule has 0 amide bonds. The number of rotatable bonds is 6. The molecule has 0 saturated heterocycles. The quantitative estimate of drug-likeness (QED) is 0.155. The summed E-state index contributed by atoms with van der Waals surface area (Å²) in [5.74, 6) is -2.43. The molecule has 6 rings (SSSR count). The molecule has 6 heterocycles. The molecule has 20 heteroatoms. The van der Waals surface area contributed by atoms with Crippen LogP contribution in [-0.2, 0) is 5.48 Å². The molecule has 0 aliphatic heterocycles. The first kappa shape index (κ1) is 49.7. The maximum atomic E-state index is 10.7. The van der Waals surface area contributed by atoms with E-state index in [-0.39, 0.29) is 77.2 Å². The van der Waals surface area contributed by atoms with Crippen LogP contribution in [0.5, 0.6) is 0 Å². The Bertz CT molecular complexity index is 1890. The molecule has 1 radical (unpaired) electrons. The second-order valence-corrected chi connectivity index (χ2v) is 10.5. The molecule has 9 N–H and O–H groups in total. The van der Waals surface area contributed by atoms with Crippen molar-refractivity contribution in [2.75, 3.05) is 0 Å². The fourth-order valence-corrected chi connectivity index (χ4v) is 4.55. The fourth-order valence-electron chi connectivity index (χ4n) is 4.55. The predicted octanol–water partition coefficient (Wildman–Crippen LogP) is -2.65. The fraction of sp³-hybridized carbons (Fsp3) is 0.182. The van der Waals surface area contributed by atoms with E-state index in [9.17, 15) is 29.7 Å². The molecule has 0 fully saturated rings. The molecule has 0 unspecified atom stereocenters. The van der Waals surface area contributed by atoms with Crippen LogP contribution in [0.3, 0.4) is 0 Å². The van der Waals surface area contributed by atoms with E-state index in [0.717, 1.165) is 34.2 Å². The summed E-state index contributed by atoms with van der Waals surface area (Å²) in [5.41, 5.74) is 5.01. The smallest absolute Gasteiger partial charge is 0.543 e. The number of aromatic nitrogens is 9. The Morgan fingerprint density at radius 2 is 0.698 bits per heavy atom. The first-order valence-electron chi connectivity index (χ1n) is 14.4. The van der Waals surface area contributed by atoms with Crippen molar-refractivity contribution < 1.29 is 89.8 Å². The summed E-state index contributed by atoms with van der Waals surface area (Å²) in [7, 11) is 0. The molecule has 0 saturated carbocycles. The maximum absolute atomic E-state index is 10.7. The van der Waals surface area contributed by atoms with Crippen molar-refractivity contribution in [1.29, 1.82) is 0 Å². The van der Waals surface area contributed by atoms with E-state index in [2.05, 4.69) is 30.2 Å². The topological polar surface area (TPSA) is 340 Å². The number of nitrogens with zero attached hydrogens (tertiary/aromatic N) is 9. The predicted molar refractivity (Wildman–Crippen MR) is 181 cm³/mol. The number of carboxylic acid groups (broad SMARTS) is 3. The molecule has 6 aromatic heterocycles. The van der Waals surface area contributed by atoms with Crippen molar-refractivity contribution >= 4 is 17.9 Å². The molecule has 19 nitrogen and oxygen atoms in total. The first-order valence-corrected chi connectivity index (χ1v) is 14.4. The summed E-state index contributed by atoms with van der Waals surface area (Å²) in [6.07, 6.45) is 0. The summed E-state index contributed by atoms with van der Waals surface area (Å²) < 4.78 is 4.80. The van der Waals surface area contributed by atoms with Gasteiger partial charge in [-0.25, -0.2) is 29.0 Å². The number of carboxylic acids is 3. The SMILES string of the molecule is Cc1cc(C)n(-c2cccc(C(=O)[O-])n2)n1.Cc1cc(C)n(-c2cccc(C(=O)[O-])n2)n1.Cc1cc(C)n(-c2cccc(C(=O)[O-])n2)n1.O.O.O.[Dy+3].[OH3+]. The van der Waals surface area contributed by atoms with Crippen molar-refractivity contribution in [3.8, 4) is 17.5 Å². The molecule has 53 heavy (non-hydrogen) atoms. The Labute approximate surface area is 333 Å². The van der Waals surface area contributed by atoms with Crippen molar-refractivity contribution in [2.24, 2.45) is 0 Å². The van der Waals surface area contributed by atoms with Crippen LogP contribution >= 0.6 is 0 Å². The number of carbonyl (C=O) groups is 3. The van der Waals surface area contributed by atoms with E-state index in [0.29, 0.717) is 17.5 Å². The summed E-state index contributed by atoms with van der Waals surface area (Å²) in [5, 5.41) is 44.7. The number of hydrogen-bond donors (Lipinski definition) is 0. The molecular weight excluding hydrogens is 845 g/mol. The van der Waals surface area contributed by atoms with E-state index < -0.39 is 17.9 Å². The van der Waals surface area contributed by atoms with Crippen molar-refractivity contribution in [2.45, 2.75) is 41.5 Å². The third-order valence-corrected chi connectivity index (χ3v) is 6.51. The van der Waals surface area contributed by atoms with Gasteiger partial charge in [0.15, 0.2) is 17.5 Å². The summed E-state index contributed by atoms with van der Waals surface area (Å²) in [4.78, 5) is 43.9. The normalized spacial score (nSPS) is 9.40. The van der Waals surface area contributed by atoms with E-state index >= 15 is 0 Å². The zero-order valence-corrected chi connectivity index (χ0v) is 31.3. The molecule has 0 bridgehead atoms. The van der Waals surface area contributed by atoms with Crippen LogP contribution in [0, 0.1) is 79.7 Å². The van der Waals surface area contributed by atoms with Crippen LogP contribution in [0.15, 0.2) is 72.8 Å². The van der Waals surface area contributed by atoms with Gasteiger partial charge >= 0.3 is 38.2 Å². The molecule has 0 spiro atoms.